The molecule has 0 spiro atoms. The third kappa shape index (κ3) is 6.97. The molecule has 0 unspecified atom stereocenters. The highest BCUT2D eigenvalue weighted by Crippen LogP contribution is 2.08. The third-order valence-electron chi connectivity index (χ3n) is 2.67. The molecule has 0 saturated heterocycles. The lowest BCUT2D eigenvalue weighted by atomic mass is 10.2. The summed E-state index contributed by atoms with van der Waals surface area (Å²) >= 11 is 0. The fourth-order valence-corrected chi connectivity index (χ4v) is 1.60. The molecule has 20 heavy (non-hydrogen) atoms. The van der Waals surface area contributed by atoms with Crippen LogP contribution in [0.3, 0.4) is 0 Å². The maximum atomic E-state index is 11.6. The minimum absolute atomic E-state index is 0.0754. The fraction of sp³-hybridized carbons (Fsp3) is 0.600. The van der Waals surface area contributed by atoms with E-state index in [1.54, 1.807) is 0 Å². The Morgan fingerprint density at radius 2 is 1.85 bits per heavy atom. The smallest absolute Gasteiger partial charge is 0.221 e. The van der Waals surface area contributed by atoms with E-state index in [2.05, 4.69) is 41.7 Å². The van der Waals surface area contributed by atoms with Gasteiger partial charge in [-0.1, -0.05) is 26.8 Å². The van der Waals surface area contributed by atoms with Gasteiger partial charge in [-0.2, -0.15) is 0 Å². The molecule has 0 aliphatic carbocycles. The van der Waals surface area contributed by atoms with Crippen LogP contribution >= 0.6 is 0 Å². The van der Waals surface area contributed by atoms with E-state index < -0.39 is 0 Å². The normalized spacial score (nSPS) is 10.4. The molecular weight excluding hydrogens is 252 g/mol. The Bertz CT molecular complexity index is 407. The Balaban J connectivity index is 2.29. The van der Waals surface area contributed by atoms with E-state index in [0.29, 0.717) is 18.9 Å². The van der Waals surface area contributed by atoms with Crippen molar-refractivity contribution in [2.24, 2.45) is 5.92 Å². The monoisotopic (exact) mass is 278 g/mol. The molecule has 1 amide bonds. The van der Waals surface area contributed by atoms with Gasteiger partial charge < -0.3 is 16.0 Å². The number of rotatable bonds is 9. The van der Waals surface area contributed by atoms with Gasteiger partial charge in [0, 0.05) is 26.1 Å². The molecule has 0 bridgehead atoms. The molecule has 0 saturated carbocycles. The van der Waals surface area contributed by atoms with Gasteiger partial charge in [0.2, 0.25) is 5.91 Å². The second-order valence-corrected chi connectivity index (χ2v) is 5.21. The molecule has 0 radical (unpaired) electrons. The van der Waals surface area contributed by atoms with Crippen molar-refractivity contribution in [1.29, 1.82) is 0 Å². The first kappa shape index (κ1) is 16.3. The second kappa shape index (κ2) is 9.18. The zero-order valence-corrected chi connectivity index (χ0v) is 12.7. The quantitative estimate of drug-likeness (QED) is 0.649. The highest BCUT2D eigenvalue weighted by Gasteiger charge is 2.02. The molecular formula is C15H26N4O. The first-order valence-electron chi connectivity index (χ1n) is 7.33. The van der Waals surface area contributed by atoms with Crippen LogP contribution in [0.15, 0.2) is 18.2 Å². The summed E-state index contributed by atoms with van der Waals surface area (Å²) in [6, 6.07) is 5.80. The molecule has 1 aromatic rings. The first-order valence-corrected chi connectivity index (χ1v) is 7.33. The summed E-state index contributed by atoms with van der Waals surface area (Å²) in [5.41, 5.74) is 0. The number of nitrogens with zero attached hydrogens (tertiary/aromatic N) is 1. The number of carbonyl (C=O) groups is 1. The summed E-state index contributed by atoms with van der Waals surface area (Å²) in [5, 5.41) is 9.30. The van der Waals surface area contributed by atoms with Gasteiger partial charge in [0.1, 0.15) is 11.6 Å². The van der Waals surface area contributed by atoms with Crippen LogP contribution in [-0.2, 0) is 4.79 Å². The molecule has 0 fully saturated rings. The van der Waals surface area contributed by atoms with Crippen LogP contribution in [-0.4, -0.2) is 30.5 Å². The lowest BCUT2D eigenvalue weighted by molar-refractivity contribution is -0.120. The van der Waals surface area contributed by atoms with Crippen molar-refractivity contribution < 1.29 is 4.79 Å². The Morgan fingerprint density at radius 1 is 1.20 bits per heavy atom. The van der Waals surface area contributed by atoms with Crippen LogP contribution in [0.1, 0.15) is 33.6 Å². The number of anilines is 2. The molecule has 1 rings (SSSR count). The summed E-state index contributed by atoms with van der Waals surface area (Å²) < 4.78 is 0. The van der Waals surface area contributed by atoms with Crippen LogP contribution in [0.4, 0.5) is 11.6 Å². The molecule has 0 aliphatic heterocycles. The van der Waals surface area contributed by atoms with Gasteiger partial charge in [-0.15, -0.1) is 0 Å². The van der Waals surface area contributed by atoms with Crippen molar-refractivity contribution >= 4 is 17.5 Å². The summed E-state index contributed by atoms with van der Waals surface area (Å²) in [6.45, 7) is 8.51. The molecule has 1 heterocycles. The van der Waals surface area contributed by atoms with Crippen molar-refractivity contribution in [1.82, 2.24) is 10.3 Å². The van der Waals surface area contributed by atoms with E-state index >= 15 is 0 Å². The second-order valence-electron chi connectivity index (χ2n) is 5.21. The third-order valence-corrected chi connectivity index (χ3v) is 2.67. The maximum Gasteiger partial charge on any atom is 0.221 e. The van der Waals surface area contributed by atoms with Gasteiger partial charge in [-0.25, -0.2) is 4.98 Å². The first-order chi connectivity index (χ1) is 9.61. The van der Waals surface area contributed by atoms with Crippen LogP contribution in [0.2, 0.25) is 0 Å². The average molecular weight is 278 g/mol. The summed E-state index contributed by atoms with van der Waals surface area (Å²) in [4.78, 5) is 16.0. The minimum atomic E-state index is 0.0754. The molecule has 0 atom stereocenters. The van der Waals surface area contributed by atoms with E-state index in [1.165, 1.54) is 0 Å². The standard InChI is InChI=1S/C15H26N4O/c1-4-9-16-13-6-5-7-14(19-13)17-10-8-15(20)18-11-12(2)3/h5-7,12H,4,8-11H2,1-3H3,(H,18,20)(H2,16,17,19). The molecule has 5 nitrogen and oxygen atoms in total. The topological polar surface area (TPSA) is 66.0 Å². The van der Waals surface area contributed by atoms with Crippen LogP contribution in [0.25, 0.3) is 0 Å². The number of aromatic nitrogens is 1. The number of pyridine rings is 1. The molecule has 3 N–H and O–H groups in total. The van der Waals surface area contributed by atoms with Crippen molar-refractivity contribution in [3.05, 3.63) is 18.2 Å². The Labute approximate surface area is 121 Å². The minimum Gasteiger partial charge on any atom is -0.370 e. The Kier molecular flexibility index (Phi) is 7.47. The largest absolute Gasteiger partial charge is 0.370 e. The van der Waals surface area contributed by atoms with E-state index in [4.69, 9.17) is 0 Å². The Morgan fingerprint density at radius 3 is 2.45 bits per heavy atom. The van der Waals surface area contributed by atoms with Gasteiger partial charge >= 0.3 is 0 Å². The van der Waals surface area contributed by atoms with Crippen LogP contribution in [0, 0.1) is 5.92 Å². The number of nitrogens with one attached hydrogen (secondary N) is 3. The van der Waals surface area contributed by atoms with Crippen LogP contribution in [0.5, 0.6) is 0 Å². The van der Waals surface area contributed by atoms with E-state index in [9.17, 15) is 4.79 Å². The van der Waals surface area contributed by atoms with Gasteiger partial charge in [-0.3, -0.25) is 4.79 Å². The van der Waals surface area contributed by atoms with Gasteiger partial charge in [-0.05, 0) is 24.5 Å². The van der Waals surface area contributed by atoms with Crippen molar-refractivity contribution in [3.63, 3.8) is 0 Å². The highest BCUT2D eigenvalue weighted by atomic mass is 16.1. The Hall–Kier alpha value is -1.78. The molecule has 112 valence electrons. The molecule has 0 aliphatic rings. The summed E-state index contributed by atoms with van der Waals surface area (Å²) in [7, 11) is 0. The van der Waals surface area contributed by atoms with E-state index in [-0.39, 0.29) is 5.91 Å². The molecule has 0 aromatic carbocycles. The van der Waals surface area contributed by atoms with Crippen molar-refractivity contribution in [3.8, 4) is 0 Å². The van der Waals surface area contributed by atoms with Crippen molar-refractivity contribution in [2.75, 3.05) is 30.3 Å². The van der Waals surface area contributed by atoms with Crippen LogP contribution < -0.4 is 16.0 Å². The number of amides is 1. The SMILES string of the molecule is CCCNc1cccc(NCCC(=O)NCC(C)C)n1. The molecule has 5 heteroatoms. The number of hydrogen-bond acceptors (Lipinski definition) is 4. The predicted molar refractivity (Wildman–Crippen MR) is 84.0 cm³/mol. The van der Waals surface area contributed by atoms with E-state index in [0.717, 1.165) is 31.1 Å². The molecule has 1 aromatic heterocycles. The van der Waals surface area contributed by atoms with Crippen molar-refractivity contribution in [2.45, 2.75) is 33.6 Å². The summed E-state index contributed by atoms with van der Waals surface area (Å²) in [6.07, 6.45) is 1.52. The zero-order chi connectivity index (χ0) is 14.8. The fourth-order valence-electron chi connectivity index (χ4n) is 1.60. The van der Waals surface area contributed by atoms with Gasteiger partial charge in [0.15, 0.2) is 0 Å². The van der Waals surface area contributed by atoms with E-state index in [1.807, 2.05) is 18.2 Å². The summed E-state index contributed by atoms with van der Waals surface area (Å²) in [5.74, 6) is 2.21. The zero-order valence-electron chi connectivity index (χ0n) is 12.7. The van der Waals surface area contributed by atoms with Gasteiger partial charge in [0.25, 0.3) is 0 Å². The number of hydrogen-bond donors (Lipinski definition) is 3. The average Bonchev–Trinajstić information content (AvgIpc) is 2.43. The highest BCUT2D eigenvalue weighted by molar-refractivity contribution is 5.76. The maximum absolute atomic E-state index is 11.6. The van der Waals surface area contributed by atoms with Gasteiger partial charge in [0.05, 0.1) is 0 Å². The lowest BCUT2D eigenvalue weighted by Gasteiger charge is -2.10. The lowest BCUT2D eigenvalue weighted by Crippen LogP contribution is -2.28. The predicted octanol–water partition coefficient (Wildman–Crippen LogP) is 2.48. The number of carbonyl (C=O) groups excluding carboxylic acids is 1.